The number of furan rings is 1. The normalized spacial score (nSPS) is 11.9. The van der Waals surface area contributed by atoms with Gasteiger partial charge in [-0.3, -0.25) is 0 Å². The van der Waals surface area contributed by atoms with Gasteiger partial charge in [0.1, 0.15) is 11.2 Å². The number of fused-ring (bicyclic) bond motifs is 9. The fourth-order valence-electron chi connectivity index (χ4n) is 8.40. The highest BCUT2D eigenvalue weighted by molar-refractivity contribution is 7.26. The second kappa shape index (κ2) is 12.6. The molecule has 8 aromatic carbocycles. The van der Waals surface area contributed by atoms with E-state index in [-0.39, 0.29) is 0 Å². The van der Waals surface area contributed by atoms with Crippen molar-refractivity contribution in [3.05, 3.63) is 182 Å². The summed E-state index contributed by atoms with van der Waals surface area (Å²) in [5, 5.41) is 7.15. The Morgan fingerprint density at radius 2 is 0.982 bits per heavy atom. The maximum Gasteiger partial charge on any atom is 0.167 e. The van der Waals surface area contributed by atoms with E-state index >= 15 is 0 Å². The van der Waals surface area contributed by atoms with E-state index < -0.39 is 0 Å². The Morgan fingerprint density at radius 3 is 1.70 bits per heavy atom. The van der Waals surface area contributed by atoms with Crippen molar-refractivity contribution in [2.75, 3.05) is 0 Å². The van der Waals surface area contributed by atoms with Crippen LogP contribution in [0.2, 0.25) is 0 Å². The zero-order chi connectivity index (χ0) is 37.5. The van der Waals surface area contributed by atoms with Crippen molar-refractivity contribution in [3.63, 3.8) is 0 Å². The first-order valence-corrected chi connectivity index (χ1v) is 19.8. The molecule has 5 nitrogen and oxygen atoms in total. The molecule has 12 rings (SSSR count). The summed E-state index contributed by atoms with van der Waals surface area (Å²) in [7, 11) is 0. The van der Waals surface area contributed by atoms with E-state index in [2.05, 4.69) is 120 Å². The van der Waals surface area contributed by atoms with Gasteiger partial charge in [-0.2, -0.15) is 0 Å². The van der Waals surface area contributed by atoms with Crippen LogP contribution in [0.25, 0.3) is 115 Å². The first-order valence-electron chi connectivity index (χ1n) is 19.0. The van der Waals surface area contributed by atoms with Crippen molar-refractivity contribution in [1.82, 2.24) is 19.5 Å². The minimum Gasteiger partial charge on any atom is -0.455 e. The lowest BCUT2D eigenvalue weighted by molar-refractivity contribution is 0.669. The van der Waals surface area contributed by atoms with Crippen LogP contribution in [0, 0.1) is 0 Å². The molecule has 0 aliphatic heterocycles. The molecule has 0 radical (unpaired) electrons. The molecular weight excluding hydrogens is 717 g/mol. The van der Waals surface area contributed by atoms with Gasteiger partial charge in [0.15, 0.2) is 17.5 Å². The highest BCUT2D eigenvalue weighted by atomic mass is 32.1. The molecule has 0 spiro atoms. The standard InChI is InChI=1S/C51H30N4OS/c1-3-13-31(14-4-1)49-52-50(32-15-5-2-6-16-32)54-51(53-49)40-21-11-19-38-41-29-33(26-28-45(41)56-47(38)40)34-25-27-37-39-20-12-24-44(48(39)57-46(37)30-34)55-42-22-9-7-17-35(42)36-18-8-10-23-43(36)55/h1-30H. The van der Waals surface area contributed by atoms with E-state index in [0.717, 1.165) is 49.8 Å². The summed E-state index contributed by atoms with van der Waals surface area (Å²) in [5.74, 6) is 1.81. The molecule has 57 heavy (non-hydrogen) atoms. The van der Waals surface area contributed by atoms with Gasteiger partial charge in [-0.15, -0.1) is 11.3 Å². The lowest BCUT2D eigenvalue weighted by atomic mass is 10.0. The van der Waals surface area contributed by atoms with Gasteiger partial charge >= 0.3 is 0 Å². The second-order valence-corrected chi connectivity index (χ2v) is 15.4. The summed E-state index contributed by atoms with van der Waals surface area (Å²) in [4.78, 5) is 14.9. The van der Waals surface area contributed by atoms with Crippen LogP contribution in [-0.2, 0) is 0 Å². The first-order chi connectivity index (χ1) is 28.2. The lowest BCUT2D eigenvalue weighted by Crippen LogP contribution is -2.00. The quantitative estimate of drug-likeness (QED) is 0.176. The van der Waals surface area contributed by atoms with Crippen LogP contribution < -0.4 is 0 Å². The average molecular weight is 747 g/mol. The predicted molar refractivity (Wildman–Crippen MR) is 236 cm³/mol. The molecule has 0 fully saturated rings. The fraction of sp³-hybridized carbons (Fsp3) is 0. The van der Waals surface area contributed by atoms with Gasteiger partial charge < -0.3 is 8.98 Å². The number of aromatic nitrogens is 4. The average Bonchev–Trinajstić information content (AvgIpc) is 3.96. The van der Waals surface area contributed by atoms with Crippen molar-refractivity contribution < 1.29 is 4.42 Å². The Hall–Kier alpha value is -7.41. The van der Waals surface area contributed by atoms with E-state index in [1.165, 1.54) is 47.7 Å². The Bertz CT molecular complexity index is 3420. The Morgan fingerprint density at radius 1 is 0.404 bits per heavy atom. The molecule has 4 heterocycles. The minimum absolute atomic E-state index is 0.572. The van der Waals surface area contributed by atoms with Crippen LogP contribution in [0.3, 0.4) is 0 Å². The summed E-state index contributed by atoms with van der Waals surface area (Å²) >= 11 is 1.86. The largest absolute Gasteiger partial charge is 0.455 e. The number of rotatable bonds is 5. The van der Waals surface area contributed by atoms with E-state index in [1.54, 1.807) is 0 Å². The molecule has 0 N–H and O–H groups in total. The third-order valence-corrected chi connectivity index (χ3v) is 12.3. The molecule has 0 atom stereocenters. The highest BCUT2D eigenvalue weighted by Crippen LogP contribution is 2.43. The number of hydrogen-bond donors (Lipinski definition) is 0. The van der Waals surface area contributed by atoms with Crippen LogP contribution >= 0.6 is 11.3 Å². The first kappa shape index (κ1) is 31.9. The summed E-state index contributed by atoms with van der Waals surface area (Å²) < 4.78 is 11.6. The third-order valence-electron chi connectivity index (χ3n) is 11.1. The van der Waals surface area contributed by atoms with Gasteiger partial charge in [-0.05, 0) is 53.6 Å². The fourth-order valence-corrected chi connectivity index (χ4v) is 9.65. The molecule has 6 heteroatoms. The second-order valence-electron chi connectivity index (χ2n) is 14.4. The number of benzene rings is 8. The van der Waals surface area contributed by atoms with Crippen LogP contribution in [0.5, 0.6) is 0 Å². The van der Waals surface area contributed by atoms with Crippen LogP contribution in [0.15, 0.2) is 186 Å². The van der Waals surface area contributed by atoms with Gasteiger partial charge in [0.05, 0.1) is 27.0 Å². The Labute approximate surface area is 330 Å². The molecule has 0 aliphatic rings. The minimum atomic E-state index is 0.572. The van der Waals surface area contributed by atoms with E-state index in [0.29, 0.717) is 17.5 Å². The number of thiophene rings is 1. The smallest absolute Gasteiger partial charge is 0.167 e. The van der Waals surface area contributed by atoms with Gasteiger partial charge in [-0.1, -0.05) is 140 Å². The molecule has 4 aromatic heterocycles. The molecule has 0 amide bonds. The predicted octanol–water partition coefficient (Wildman–Crippen LogP) is 13.9. The van der Waals surface area contributed by atoms with Gasteiger partial charge in [0.25, 0.3) is 0 Å². The summed E-state index contributed by atoms with van der Waals surface area (Å²) in [6.07, 6.45) is 0. The van der Waals surface area contributed by atoms with E-state index in [9.17, 15) is 0 Å². The SMILES string of the molecule is c1ccc(-c2nc(-c3ccccc3)nc(-c3cccc4c3oc3ccc(-c5ccc6c(c5)sc5c(-n7c8ccccc8c8ccccc87)cccc56)cc34)n2)cc1. The van der Waals surface area contributed by atoms with Crippen molar-refractivity contribution >= 4 is 75.3 Å². The molecule has 0 bridgehead atoms. The Kier molecular flexibility index (Phi) is 7.03. The number of hydrogen-bond acceptors (Lipinski definition) is 5. The maximum absolute atomic E-state index is 6.64. The summed E-state index contributed by atoms with van der Waals surface area (Å²) in [6, 6.07) is 63.8. The van der Waals surface area contributed by atoms with E-state index in [4.69, 9.17) is 19.4 Å². The maximum atomic E-state index is 6.64. The summed E-state index contributed by atoms with van der Waals surface area (Å²) in [6.45, 7) is 0. The van der Waals surface area contributed by atoms with E-state index in [1.807, 2.05) is 78.1 Å². The topological polar surface area (TPSA) is 56.7 Å². The molecule has 0 aliphatic carbocycles. The number of nitrogens with zero attached hydrogens (tertiary/aromatic N) is 4. The number of para-hydroxylation sites is 3. The molecule has 0 unspecified atom stereocenters. The van der Waals surface area contributed by atoms with Gasteiger partial charge in [0.2, 0.25) is 0 Å². The van der Waals surface area contributed by atoms with Crippen molar-refractivity contribution in [2.24, 2.45) is 0 Å². The molecular formula is C51H30N4OS. The van der Waals surface area contributed by atoms with Crippen LogP contribution in [0.1, 0.15) is 0 Å². The zero-order valence-electron chi connectivity index (χ0n) is 30.4. The lowest BCUT2D eigenvalue weighted by Gasteiger charge is -2.09. The van der Waals surface area contributed by atoms with Gasteiger partial charge in [-0.25, -0.2) is 15.0 Å². The van der Waals surface area contributed by atoms with Crippen LogP contribution in [-0.4, -0.2) is 19.5 Å². The molecule has 12 aromatic rings. The van der Waals surface area contributed by atoms with Crippen molar-refractivity contribution in [1.29, 1.82) is 0 Å². The van der Waals surface area contributed by atoms with Crippen LogP contribution in [0.4, 0.5) is 0 Å². The summed E-state index contributed by atoms with van der Waals surface area (Å²) in [5.41, 5.74) is 10.2. The third kappa shape index (κ3) is 5.04. The molecule has 0 saturated carbocycles. The van der Waals surface area contributed by atoms with Gasteiger partial charge in [0, 0.05) is 48.1 Å². The van der Waals surface area contributed by atoms with Crippen molar-refractivity contribution in [3.8, 4) is 51.0 Å². The monoisotopic (exact) mass is 746 g/mol. The molecule has 0 saturated heterocycles. The highest BCUT2D eigenvalue weighted by Gasteiger charge is 2.20. The van der Waals surface area contributed by atoms with Crippen molar-refractivity contribution in [2.45, 2.75) is 0 Å². The Balaban J connectivity index is 0.983. The molecule has 266 valence electrons. The zero-order valence-corrected chi connectivity index (χ0v) is 31.2.